The molecule has 0 saturated heterocycles. The van der Waals surface area contributed by atoms with E-state index in [0.717, 1.165) is 5.56 Å². The van der Waals surface area contributed by atoms with Gasteiger partial charge in [0.15, 0.2) is 0 Å². The molecule has 0 unspecified atom stereocenters. The standard InChI is InChI=1S/C20H21N5O4/c1-4-29-17-8-6-5-7-14(17)23-19-18(25(26)27)20(22-12-21-19)24-15-11-13(2)9-10-16(15)28-3/h5-12H,4H2,1-3H3,(H2,21,22,23,24). The van der Waals surface area contributed by atoms with Crippen LogP contribution >= 0.6 is 0 Å². The number of nitro groups is 1. The zero-order chi connectivity index (χ0) is 20.8. The molecular formula is C20H21N5O4. The number of hydrogen-bond acceptors (Lipinski definition) is 8. The number of methoxy groups -OCH3 is 1. The lowest BCUT2D eigenvalue weighted by atomic mass is 10.2. The summed E-state index contributed by atoms with van der Waals surface area (Å²) < 4.78 is 10.9. The first-order valence-electron chi connectivity index (χ1n) is 8.93. The number of aryl methyl sites for hydroxylation is 1. The first kappa shape index (κ1) is 19.9. The third kappa shape index (κ3) is 4.52. The minimum absolute atomic E-state index is 0.0466. The fourth-order valence-corrected chi connectivity index (χ4v) is 2.76. The third-order valence-corrected chi connectivity index (χ3v) is 4.05. The Kier molecular flexibility index (Phi) is 6.08. The van der Waals surface area contributed by atoms with Crippen molar-refractivity contribution in [3.05, 3.63) is 64.5 Å². The topological polar surface area (TPSA) is 111 Å². The Morgan fingerprint density at radius 1 is 1.03 bits per heavy atom. The average molecular weight is 395 g/mol. The van der Waals surface area contributed by atoms with E-state index >= 15 is 0 Å². The molecule has 0 aliphatic carbocycles. The summed E-state index contributed by atoms with van der Waals surface area (Å²) in [5, 5.41) is 17.8. The lowest BCUT2D eigenvalue weighted by Crippen LogP contribution is -2.07. The Morgan fingerprint density at radius 3 is 2.38 bits per heavy atom. The SMILES string of the molecule is CCOc1ccccc1Nc1ncnc(Nc2cc(C)ccc2OC)c1[N+](=O)[O-]. The number of ether oxygens (including phenoxy) is 2. The fourth-order valence-electron chi connectivity index (χ4n) is 2.76. The predicted molar refractivity (Wildman–Crippen MR) is 111 cm³/mol. The Balaban J connectivity index is 2.02. The number of aromatic nitrogens is 2. The summed E-state index contributed by atoms with van der Waals surface area (Å²) >= 11 is 0. The van der Waals surface area contributed by atoms with Gasteiger partial charge in [-0.2, -0.15) is 0 Å². The van der Waals surface area contributed by atoms with Crippen LogP contribution < -0.4 is 20.1 Å². The molecule has 0 spiro atoms. The molecular weight excluding hydrogens is 374 g/mol. The van der Waals surface area contributed by atoms with Gasteiger partial charge in [0.25, 0.3) is 0 Å². The van der Waals surface area contributed by atoms with E-state index in [1.165, 1.54) is 13.4 Å². The maximum atomic E-state index is 11.8. The number of hydrogen-bond donors (Lipinski definition) is 2. The minimum atomic E-state index is -0.532. The molecule has 0 atom stereocenters. The summed E-state index contributed by atoms with van der Waals surface area (Å²) in [5.74, 6) is 1.20. The molecule has 0 saturated carbocycles. The number of rotatable bonds is 8. The van der Waals surface area contributed by atoms with Crippen LogP contribution in [-0.2, 0) is 0 Å². The van der Waals surface area contributed by atoms with E-state index in [2.05, 4.69) is 20.6 Å². The van der Waals surface area contributed by atoms with Gasteiger partial charge in [-0.05, 0) is 43.7 Å². The zero-order valence-corrected chi connectivity index (χ0v) is 16.3. The smallest absolute Gasteiger partial charge is 0.353 e. The molecule has 0 aliphatic rings. The van der Waals surface area contributed by atoms with Gasteiger partial charge in [-0.25, -0.2) is 9.97 Å². The van der Waals surface area contributed by atoms with E-state index < -0.39 is 4.92 Å². The second-order valence-electron chi connectivity index (χ2n) is 6.06. The van der Waals surface area contributed by atoms with Gasteiger partial charge in [-0.15, -0.1) is 0 Å². The molecule has 0 aliphatic heterocycles. The van der Waals surface area contributed by atoms with Gasteiger partial charge in [0, 0.05) is 0 Å². The van der Waals surface area contributed by atoms with Gasteiger partial charge in [-0.3, -0.25) is 10.1 Å². The van der Waals surface area contributed by atoms with Crippen molar-refractivity contribution in [3.8, 4) is 11.5 Å². The van der Waals surface area contributed by atoms with Crippen LogP contribution in [0.2, 0.25) is 0 Å². The normalized spacial score (nSPS) is 10.3. The largest absolute Gasteiger partial charge is 0.495 e. The Bertz CT molecular complexity index is 1030. The predicted octanol–water partition coefficient (Wildman–Crippen LogP) is 4.59. The van der Waals surface area contributed by atoms with Crippen LogP contribution in [0.1, 0.15) is 12.5 Å². The quantitative estimate of drug-likeness (QED) is 0.421. The van der Waals surface area contributed by atoms with Crippen molar-refractivity contribution in [2.45, 2.75) is 13.8 Å². The molecule has 0 radical (unpaired) electrons. The second-order valence-corrected chi connectivity index (χ2v) is 6.06. The molecule has 29 heavy (non-hydrogen) atoms. The minimum Gasteiger partial charge on any atom is -0.495 e. The van der Waals surface area contributed by atoms with Gasteiger partial charge in [0.2, 0.25) is 11.6 Å². The molecule has 3 rings (SSSR count). The molecule has 150 valence electrons. The first-order valence-corrected chi connectivity index (χ1v) is 8.93. The maximum absolute atomic E-state index is 11.8. The van der Waals surface area contributed by atoms with E-state index in [9.17, 15) is 10.1 Å². The third-order valence-electron chi connectivity index (χ3n) is 4.05. The maximum Gasteiger partial charge on any atom is 0.353 e. The fraction of sp³-hybridized carbons (Fsp3) is 0.200. The van der Waals surface area contributed by atoms with Crippen LogP contribution in [0.5, 0.6) is 11.5 Å². The molecule has 0 fully saturated rings. The van der Waals surface area contributed by atoms with Crippen LogP contribution in [0.15, 0.2) is 48.8 Å². The number of nitrogens with zero attached hydrogens (tertiary/aromatic N) is 3. The number of para-hydroxylation sites is 2. The van der Waals surface area contributed by atoms with Crippen molar-refractivity contribution < 1.29 is 14.4 Å². The Morgan fingerprint density at radius 2 is 1.72 bits per heavy atom. The number of nitrogens with one attached hydrogen (secondary N) is 2. The van der Waals surface area contributed by atoms with Crippen molar-refractivity contribution in [1.82, 2.24) is 9.97 Å². The lowest BCUT2D eigenvalue weighted by molar-refractivity contribution is -0.383. The molecule has 1 aromatic heterocycles. The highest BCUT2D eigenvalue weighted by molar-refractivity contribution is 5.79. The average Bonchev–Trinajstić information content (AvgIpc) is 2.70. The van der Waals surface area contributed by atoms with E-state index in [0.29, 0.717) is 29.5 Å². The summed E-state index contributed by atoms with van der Waals surface area (Å²) in [6.45, 7) is 4.24. The van der Waals surface area contributed by atoms with Crippen molar-refractivity contribution in [3.63, 3.8) is 0 Å². The summed E-state index contributed by atoms with van der Waals surface area (Å²) in [4.78, 5) is 19.4. The van der Waals surface area contributed by atoms with Gasteiger partial charge >= 0.3 is 5.69 Å². The van der Waals surface area contributed by atoms with Crippen molar-refractivity contribution >= 4 is 28.7 Å². The van der Waals surface area contributed by atoms with E-state index in [-0.39, 0.29) is 17.3 Å². The van der Waals surface area contributed by atoms with Crippen molar-refractivity contribution in [2.75, 3.05) is 24.4 Å². The van der Waals surface area contributed by atoms with Gasteiger partial charge in [0.1, 0.15) is 17.8 Å². The molecule has 3 aromatic rings. The molecule has 2 aromatic carbocycles. The molecule has 1 heterocycles. The van der Waals surface area contributed by atoms with Gasteiger partial charge in [0.05, 0.1) is 30.0 Å². The lowest BCUT2D eigenvalue weighted by Gasteiger charge is -2.14. The van der Waals surface area contributed by atoms with Crippen LogP contribution in [0, 0.1) is 17.0 Å². The van der Waals surface area contributed by atoms with Crippen LogP contribution in [0.4, 0.5) is 28.7 Å². The highest BCUT2D eigenvalue weighted by Gasteiger charge is 2.24. The first-order chi connectivity index (χ1) is 14.0. The number of anilines is 4. The monoisotopic (exact) mass is 395 g/mol. The second kappa shape index (κ2) is 8.87. The van der Waals surface area contributed by atoms with Gasteiger partial charge in [-0.1, -0.05) is 18.2 Å². The summed E-state index contributed by atoms with van der Waals surface area (Å²) in [6.07, 6.45) is 1.25. The molecule has 0 amide bonds. The zero-order valence-electron chi connectivity index (χ0n) is 16.3. The van der Waals surface area contributed by atoms with Crippen LogP contribution in [0.25, 0.3) is 0 Å². The van der Waals surface area contributed by atoms with E-state index in [1.54, 1.807) is 24.3 Å². The highest BCUT2D eigenvalue weighted by atomic mass is 16.6. The summed E-state index contributed by atoms with van der Waals surface area (Å²) in [7, 11) is 1.53. The molecule has 2 N–H and O–H groups in total. The van der Waals surface area contributed by atoms with Crippen molar-refractivity contribution in [1.29, 1.82) is 0 Å². The number of benzene rings is 2. The van der Waals surface area contributed by atoms with Gasteiger partial charge < -0.3 is 20.1 Å². The summed E-state index contributed by atoms with van der Waals surface area (Å²) in [6, 6.07) is 12.6. The van der Waals surface area contributed by atoms with Crippen LogP contribution in [0.3, 0.4) is 0 Å². The summed E-state index contributed by atoms with van der Waals surface area (Å²) in [5.41, 5.74) is 1.81. The molecule has 9 heteroatoms. The Labute approximate surface area is 167 Å². The van der Waals surface area contributed by atoms with Crippen molar-refractivity contribution in [2.24, 2.45) is 0 Å². The highest BCUT2D eigenvalue weighted by Crippen LogP contribution is 2.37. The van der Waals surface area contributed by atoms with E-state index in [1.807, 2.05) is 32.0 Å². The van der Waals surface area contributed by atoms with Crippen LogP contribution in [-0.4, -0.2) is 28.6 Å². The Hall–Kier alpha value is -3.88. The molecule has 0 bridgehead atoms. The molecule has 9 nitrogen and oxygen atoms in total. The van der Waals surface area contributed by atoms with E-state index in [4.69, 9.17) is 9.47 Å².